The first-order valence-electron chi connectivity index (χ1n) is 16.0. The molecule has 2 rings (SSSR count). The van der Waals surface area contributed by atoms with Crippen LogP contribution in [0.5, 0.6) is 0 Å². The maximum atomic E-state index is 10.6. The molecule has 2 aromatic rings. The highest BCUT2D eigenvalue weighted by Gasteiger charge is 2.33. The van der Waals surface area contributed by atoms with E-state index in [4.69, 9.17) is 8.85 Å². The molecule has 0 atom stereocenters. The molecule has 0 radical (unpaired) electrons. The Balaban J connectivity index is 2.44. The van der Waals surface area contributed by atoms with Crippen LogP contribution < -0.4 is 0 Å². The molecule has 0 aliphatic carbocycles. The molecule has 0 saturated carbocycles. The molecule has 0 aliphatic rings. The first-order chi connectivity index (χ1) is 19.7. The summed E-state index contributed by atoms with van der Waals surface area (Å²) in [6.45, 7) is 28.6. The van der Waals surface area contributed by atoms with Gasteiger partial charge >= 0.3 is 0 Å². The minimum absolute atomic E-state index is 0.209. The molecule has 0 heterocycles. The zero-order valence-corrected chi connectivity index (χ0v) is 32.3. The summed E-state index contributed by atoms with van der Waals surface area (Å²) in [6, 6.07) is 15.4. The molecule has 0 fully saturated rings. The summed E-state index contributed by atoms with van der Waals surface area (Å²) in [5.74, 6) is 0. The molecule has 2 aromatic carbocycles. The van der Waals surface area contributed by atoms with Crippen LogP contribution in [-0.2, 0) is 20.1 Å². The van der Waals surface area contributed by atoms with Crippen molar-refractivity contribution in [2.24, 2.45) is 0 Å². The van der Waals surface area contributed by atoms with Crippen molar-refractivity contribution in [2.75, 3.05) is 0 Å². The monoisotopic (exact) mass is 620 g/mol. The number of hydrogen-bond acceptors (Lipinski definition) is 3. The van der Waals surface area contributed by atoms with E-state index in [1.54, 1.807) is 0 Å². The van der Waals surface area contributed by atoms with Gasteiger partial charge in [-0.2, -0.15) is 0 Å². The third-order valence-electron chi connectivity index (χ3n) is 7.86. The lowest BCUT2D eigenvalue weighted by Crippen LogP contribution is -2.34. The summed E-state index contributed by atoms with van der Waals surface area (Å²) in [4.78, 5) is 0. The summed E-state index contributed by atoms with van der Waals surface area (Å²) >= 11 is 0. The Hall–Kier alpha value is -2.03. The van der Waals surface area contributed by atoms with E-state index < -0.39 is 36.3 Å². The van der Waals surface area contributed by atoms with E-state index in [-0.39, 0.29) is 10.1 Å². The molecule has 0 aromatic heterocycles. The minimum Gasteiger partial charge on any atom is -0.415 e. The van der Waals surface area contributed by atoms with E-state index in [0.717, 1.165) is 16.7 Å². The summed E-state index contributed by atoms with van der Waals surface area (Å²) in [7, 11) is -1.50. The summed E-state index contributed by atoms with van der Waals surface area (Å²) < 4.78 is 13.4. The Morgan fingerprint density at radius 1 is 0.721 bits per heavy atom. The fourth-order valence-corrected chi connectivity index (χ4v) is 6.57. The maximum absolute atomic E-state index is 10.6. The highest BCUT2D eigenvalue weighted by Crippen LogP contribution is 2.39. The van der Waals surface area contributed by atoms with Crippen molar-refractivity contribution in [2.45, 2.75) is 130 Å². The van der Waals surface area contributed by atoms with Gasteiger partial charge in [-0.05, 0) is 103 Å². The molecule has 0 saturated heterocycles. The average Bonchev–Trinajstić information content (AvgIpc) is 2.93. The van der Waals surface area contributed by atoms with E-state index >= 15 is 0 Å². The van der Waals surface area contributed by atoms with E-state index in [1.807, 2.05) is 26.0 Å². The number of allylic oxidation sites excluding steroid dienone is 3. The number of rotatable bonds is 13. The molecule has 0 bridgehead atoms. The second-order valence-electron chi connectivity index (χ2n) is 15.5. The van der Waals surface area contributed by atoms with Crippen molar-refractivity contribution >= 4 is 37.3 Å². The van der Waals surface area contributed by atoms with Gasteiger partial charge in [0.05, 0.1) is 16.8 Å². The van der Waals surface area contributed by atoms with Gasteiger partial charge in [-0.3, -0.25) is 0 Å². The molecule has 0 aliphatic heterocycles. The van der Waals surface area contributed by atoms with Crippen molar-refractivity contribution in [1.82, 2.24) is 0 Å². The third-order valence-corrected chi connectivity index (χ3v) is 11.3. The van der Waals surface area contributed by atoms with Gasteiger partial charge in [-0.1, -0.05) is 116 Å². The molecule has 0 amide bonds. The quantitative estimate of drug-likeness (QED) is 0.138. The topological polar surface area (TPSA) is 38.7 Å². The second kappa shape index (κ2) is 14.8. The Morgan fingerprint density at radius 3 is 1.74 bits per heavy atom. The Bertz CT molecular complexity index is 1280. The largest absolute Gasteiger partial charge is 0.415 e. The van der Waals surface area contributed by atoms with E-state index in [0.29, 0.717) is 12.8 Å². The molecule has 238 valence electrons. The van der Waals surface area contributed by atoms with E-state index in [9.17, 15) is 5.11 Å². The molecule has 3 nitrogen and oxygen atoms in total. The third kappa shape index (κ3) is 12.1. The molecular weight excluding hydrogens is 561 g/mol. The lowest BCUT2D eigenvalue weighted by Gasteiger charge is -2.38. The fraction of sp³-hybridized carbons (Fsp3) is 0.526. The van der Waals surface area contributed by atoms with Gasteiger partial charge in [0.25, 0.3) is 0 Å². The van der Waals surface area contributed by atoms with Crippen LogP contribution in [0.4, 0.5) is 0 Å². The first kappa shape index (κ1) is 37.2. The molecular formula is C38H60O3Si2. The van der Waals surface area contributed by atoms with E-state index in [1.165, 1.54) is 16.7 Å². The maximum Gasteiger partial charge on any atom is 0.168 e. The standard InChI is InChI=1S/C38H60O3Si2/c1-14-38(39,15-2)25-17-18-28(3)31-20-16-19-29(26-31)21-22-30-23-24-32(36(10,11)40-42-34(4,5)6)33(27-30)37(12,13)41-43-35(7,8)9/h16-27,39H,14-15,42-43H2,1-13H3. The van der Waals surface area contributed by atoms with Crippen LogP contribution in [0.3, 0.4) is 0 Å². The highest BCUT2D eigenvalue weighted by atomic mass is 28.2. The van der Waals surface area contributed by atoms with Crippen molar-refractivity contribution in [3.05, 3.63) is 88.5 Å². The Morgan fingerprint density at radius 2 is 1.23 bits per heavy atom. The number of hydrogen-bond donors (Lipinski definition) is 1. The van der Waals surface area contributed by atoms with Crippen molar-refractivity contribution in [1.29, 1.82) is 0 Å². The van der Waals surface area contributed by atoms with Gasteiger partial charge in [0.1, 0.15) is 0 Å². The van der Waals surface area contributed by atoms with Crippen LogP contribution in [0.15, 0.2) is 60.7 Å². The number of benzene rings is 2. The predicted octanol–water partition coefficient (Wildman–Crippen LogP) is 9.48. The van der Waals surface area contributed by atoms with Crippen LogP contribution in [-0.4, -0.2) is 30.2 Å². The smallest absolute Gasteiger partial charge is 0.168 e. The van der Waals surface area contributed by atoms with Crippen LogP contribution in [0.1, 0.15) is 131 Å². The van der Waals surface area contributed by atoms with Crippen molar-refractivity contribution in [3.63, 3.8) is 0 Å². The van der Waals surface area contributed by atoms with Crippen LogP contribution >= 0.6 is 0 Å². The highest BCUT2D eigenvalue weighted by molar-refractivity contribution is 6.32. The van der Waals surface area contributed by atoms with Crippen molar-refractivity contribution in [3.8, 4) is 0 Å². The fourth-order valence-electron chi connectivity index (χ4n) is 4.67. The summed E-state index contributed by atoms with van der Waals surface area (Å²) in [5.41, 5.74) is 5.50. The van der Waals surface area contributed by atoms with E-state index in [2.05, 4.69) is 137 Å². The average molecular weight is 621 g/mol. The van der Waals surface area contributed by atoms with Gasteiger partial charge in [0, 0.05) is 0 Å². The zero-order chi connectivity index (χ0) is 32.7. The van der Waals surface area contributed by atoms with Crippen LogP contribution in [0.2, 0.25) is 10.1 Å². The SMILES string of the molecule is CCC(O)(C=CC=C(C)c1cccc(C=Cc2ccc(C(C)(C)O[SiH2]C(C)(C)C)c(C(C)(C)O[SiH2]C(C)(C)C)c2)c1)CC. The van der Waals surface area contributed by atoms with Crippen LogP contribution in [0, 0.1) is 0 Å². The lowest BCUT2D eigenvalue weighted by molar-refractivity contribution is 0.0828. The lowest BCUT2D eigenvalue weighted by atomic mass is 9.84. The van der Waals surface area contributed by atoms with Crippen LogP contribution in [0.25, 0.3) is 17.7 Å². The normalized spacial score (nSPS) is 14.9. The number of aliphatic hydroxyl groups is 1. The van der Waals surface area contributed by atoms with Gasteiger partial charge in [-0.25, -0.2) is 0 Å². The summed E-state index contributed by atoms with van der Waals surface area (Å²) in [6.07, 6.45) is 11.8. The van der Waals surface area contributed by atoms with Crippen molar-refractivity contribution < 1.29 is 14.0 Å². The van der Waals surface area contributed by atoms with Gasteiger partial charge in [-0.15, -0.1) is 0 Å². The minimum atomic E-state index is -0.762. The Kier molecular flexibility index (Phi) is 12.8. The van der Waals surface area contributed by atoms with Gasteiger partial charge in [0.15, 0.2) is 19.5 Å². The first-order valence-corrected chi connectivity index (χ1v) is 18.6. The molecule has 0 unspecified atom stereocenters. The molecule has 43 heavy (non-hydrogen) atoms. The van der Waals surface area contributed by atoms with Gasteiger partial charge < -0.3 is 14.0 Å². The summed E-state index contributed by atoms with van der Waals surface area (Å²) in [5, 5.41) is 11.0. The van der Waals surface area contributed by atoms with Gasteiger partial charge in [0.2, 0.25) is 0 Å². The second-order valence-corrected chi connectivity index (χ2v) is 20.9. The Labute approximate surface area is 268 Å². The molecule has 5 heteroatoms. The molecule has 0 spiro atoms. The molecule has 1 N–H and O–H groups in total. The predicted molar refractivity (Wildman–Crippen MR) is 195 cm³/mol. The zero-order valence-electron chi connectivity index (χ0n) is 29.5.